The minimum absolute atomic E-state index is 0.283. The molecule has 0 spiro atoms. The van der Waals surface area contributed by atoms with Crippen molar-refractivity contribution in [3.8, 4) is 0 Å². The SMILES string of the molecule is CS(=O)(=O)c1ccc(C(O)CNCC2CCSCC2)cc1. The van der Waals surface area contributed by atoms with E-state index in [1.807, 2.05) is 11.8 Å². The maximum atomic E-state index is 11.4. The van der Waals surface area contributed by atoms with E-state index in [0.717, 1.165) is 12.1 Å². The molecule has 0 amide bonds. The molecule has 1 atom stereocenters. The van der Waals surface area contributed by atoms with E-state index < -0.39 is 15.9 Å². The number of nitrogens with one attached hydrogen (secondary N) is 1. The number of rotatable bonds is 6. The third-order valence-corrected chi connectivity index (χ3v) is 5.98. The highest BCUT2D eigenvalue weighted by atomic mass is 32.2. The summed E-state index contributed by atoms with van der Waals surface area (Å²) in [6.45, 7) is 1.45. The Bertz CT molecular complexity index is 537. The molecule has 4 nitrogen and oxygen atoms in total. The monoisotopic (exact) mass is 329 g/mol. The fourth-order valence-corrected chi connectivity index (χ4v) is 4.26. The minimum atomic E-state index is -3.18. The third kappa shape index (κ3) is 5.29. The molecule has 1 heterocycles. The Kier molecular flexibility index (Phi) is 6.10. The Balaban J connectivity index is 1.81. The second kappa shape index (κ2) is 7.63. The zero-order chi connectivity index (χ0) is 15.3. The van der Waals surface area contributed by atoms with Crippen LogP contribution in [0.25, 0.3) is 0 Å². The number of hydrogen-bond donors (Lipinski definition) is 2. The van der Waals surface area contributed by atoms with Crippen LogP contribution in [0.3, 0.4) is 0 Å². The summed E-state index contributed by atoms with van der Waals surface area (Å²) in [5.74, 6) is 3.19. The van der Waals surface area contributed by atoms with Gasteiger partial charge in [0.15, 0.2) is 9.84 Å². The van der Waals surface area contributed by atoms with Crippen LogP contribution in [0, 0.1) is 5.92 Å². The van der Waals surface area contributed by atoms with Crippen LogP contribution < -0.4 is 5.32 Å². The molecule has 1 fully saturated rings. The zero-order valence-corrected chi connectivity index (χ0v) is 13.9. The van der Waals surface area contributed by atoms with Crippen LogP contribution >= 0.6 is 11.8 Å². The van der Waals surface area contributed by atoms with Crippen LogP contribution in [0.4, 0.5) is 0 Å². The van der Waals surface area contributed by atoms with E-state index in [4.69, 9.17) is 0 Å². The van der Waals surface area contributed by atoms with Crippen LogP contribution in [0.15, 0.2) is 29.2 Å². The fourth-order valence-electron chi connectivity index (χ4n) is 2.43. The van der Waals surface area contributed by atoms with Gasteiger partial charge in [-0.05, 0) is 54.5 Å². The van der Waals surface area contributed by atoms with E-state index in [1.54, 1.807) is 24.3 Å². The lowest BCUT2D eigenvalue weighted by Crippen LogP contribution is -2.29. The second-order valence-corrected chi connectivity index (χ2v) is 8.81. The van der Waals surface area contributed by atoms with Crippen molar-refractivity contribution in [3.63, 3.8) is 0 Å². The van der Waals surface area contributed by atoms with E-state index in [9.17, 15) is 13.5 Å². The van der Waals surface area contributed by atoms with Crippen molar-refractivity contribution in [3.05, 3.63) is 29.8 Å². The summed E-state index contributed by atoms with van der Waals surface area (Å²) in [6.07, 6.45) is 3.08. The average molecular weight is 329 g/mol. The maximum Gasteiger partial charge on any atom is 0.175 e. The largest absolute Gasteiger partial charge is 0.387 e. The van der Waals surface area contributed by atoms with Gasteiger partial charge in [0, 0.05) is 12.8 Å². The number of benzene rings is 1. The molecule has 0 bridgehead atoms. The topological polar surface area (TPSA) is 66.4 Å². The summed E-state index contributed by atoms with van der Waals surface area (Å²) in [7, 11) is -3.18. The predicted octanol–water partition coefficient (Wildman–Crippen LogP) is 1.86. The molecule has 1 saturated heterocycles. The van der Waals surface area contributed by atoms with Crippen molar-refractivity contribution in [2.24, 2.45) is 5.92 Å². The van der Waals surface area contributed by atoms with E-state index in [1.165, 1.54) is 30.6 Å². The Morgan fingerprint density at radius 2 is 1.90 bits per heavy atom. The van der Waals surface area contributed by atoms with Gasteiger partial charge in [0.1, 0.15) is 0 Å². The molecule has 6 heteroatoms. The van der Waals surface area contributed by atoms with Gasteiger partial charge in [-0.15, -0.1) is 0 Å². The number of aliphatic hydroxyl groups excluding tert-OH is 1. The lowest BCUT2D eigenvalue weighted by molar-refractivity contribution is 0.172. The zero-order valence-electron chi connectivity index (χ0n) is 12.3. The predicted molar refractivity (Wildman–Crippen MR) is 87.4 cm³/mol. The first-order valence-electron chi connectivity index (χ1n) is 7.23. The van der Waals surface area contributed by atoms with Crippen LogP contribution in [-0.4, -0.2) is 44.4 Å². The van der Waals surface area contributed by atoms with Gasteiger partial charge in [-0.3, -0.25) is 0 Å². The van der Waals surface area contributed by atoms with Gasteiger partial charge in [0.2, 0.25) is 0 Å². The smallest absolute Gasteiger partial charge is 0.175 e. The van der Waals surface area contributed by atoms with Gasteiger partial charge in [0.25, 0.3) is 0 Å². The molecular weight excluding hydrogens is 306 g/mol. The molecule has 1 aromatic rings. The van der Waals surface area contributed by atoms with Crippen molar-refractivity contribution in [2.75, 3.05) is 30.9 Å². The molecule has 1 aromatic carbocycles. The molecule has 1 unspecified atom stereocenters. The lowest BCUT2D eigenvalue weighted by atomic mass is 10.0. The van der Waals surface area contributed by atoms with E-state index in [0.29, 0.717) is 12.5 Å². The first-order chi connectivity index (χ1) is 9.97. The lowest BCUT2D eigenvalue weighted by Gasteiger charge is -2.22. The van der Waals surface area contributed by atoms with Gasteiger partial charge >= 0.3 is 0 Å². The molecule has 2 rings (SSSR count). The molecule has 1 aliphatic heterocycles. The first-order valence-corrected chi connectivity index (χ1v) is 10.3. The Morgan fingerprint density at radius 3 is 2.48 bits per heavy atom. The summed E-state index contributed by atoms with van der Waals surface area (Å²) in [5.41, 5.74) is 0.745. The molecule has 0 radical (unpaired) electrons. The Labute approximate surface area is 131 Å². The van der Waals surface area contributed by atoms with Crippen LogP contribution in [0.1, 0.15) is 24.5 Å². The highest BCUT2D eigenvalue weighted by molar-refractivity contribution is 7.99. The molecule has 21 heavy (non-hydrogen) atoms. The Hall–Kier alpha value is -0.560. The van der Waals surface area contributed by atoms with Gasteiger partial charge in [-0.1, -0.05) is 12.1 Å². The Morgan fingerprint density at radius 1 is 1.29 bits per heavy atom. The van der Waals surface area contributed by atoms with Gasteiger partial charge < -0.3 is 10.4 Å². The quantitative estimate of drug-likeness (QED) is 0.834. The molecular formula is C15H23NO3S2. The van der Waals surface area contributed by atoms with Crippen molar-refractivity contribution in [1.29, 1.82) is 0 Å². The minimum Gasteiger partial charge on any atom is -0.387 e. The van der Waals surface area contributed by atoms with Crippen LogP contribution in [0.5, 0.6) is 0 Å². The van der Waals surface area contributed by atoms with Crippen molar-refractivity contribution in [1.82, 2.24) is 5.32 Å². The highest BCUT2D eigenvalue weighted by Crippen LogP contribution is 2.22. The maximum absolute atomic E-state index is 11.4. The van der Waals surface area contributed by atoms with Crippen LogP contribution in [-0.2, 0) is 9.84 Å². The van der Waals surface area contributed by atoms with E-state index in [2.05, 4.69) is 5.32 Å². The molecule has 2 N–H and O–H groups in total. The summed E-state index contributed by atoms with van der Waals surface area (Å²) in [6, 6.07) is 6.46. The molecule has 0 aromatic heterocycles. The van der Waals surface area contributed by atoms with Crippen LogP contribution in [0.2, 0.25) is 0 Å². The number of hydrogen-bond acceptors (Lipinski definition) is 5. The standard InChI is InChI=1S/C15H23NO3S2/c1-21(18,19)14-4-2-13(3-5-14)15(17)11-16-10-12-6-8-20-9-7-12/h2-5,12,15-17H,6-11H2,1H3. The van der Waals surface area contributed by atoms with Crippen molar-refractivity contribution >= 4 is 21.6 Å². The fraction of sp³-hybridized carbons (Fsp3) is 0.600. The van der Waals surface area contributed by atoms with Gasteiger partial charge in [0.05, 0.1) is 11.0 Å². The molecule has 0 saturated carbocycles. The number of thioether (sulfide) groups is 1. The van der Waals surface area contributed by atoms with Gasteiger partial charge in [-0.25, -0.2) is 8.42 Å². The molecule has 118 valence electrons. The second-order valence-electron chi connectivity index (χ2n) is 5.57. The summed E-state index contributed by atoms with van der Waals surface area (Å²) in [4.78, 5) is 0.283. The average Bonchev–Trinajstić information content (AvgIpc) is 2.47. The van der Waals surface area contributed by atoms with Gasteiger partial charge in [-0.2, -0.15) is 11.8 Å². The van der Waals surface area contributed by atoms with Crippen molar-refractivity contribution in [2.45, 2.75) is 23.8 Å². The third-order valence-electron chi connectivity index (χ3n) is 3.80. The number of aliphatic hydroxyl groups is 1. The summed E-state index contributed by atoms with van der Waals surface area (Å²) < 4.78 is 22.8. The normalized spacial score (nSPS) is 18.6. The summed E-state index contributed by atoms with van der Waals surface area (Å²) in [5, 5.41) is 13.4. The van der Waals surface area contributed by atoms with Crippen molar-refractivity contribution < 1.29 is 13.5 Å². The summed E-state index contributed by atoms with van der Waals surface area (Å²) >= 11 is 2.01. The molecule has 0 aliphatic carbocycles. The number of sulfone groups is 1. The highest BCUT2D eigenvalue weighted by Gasteiger charge is 2.15. The molecule has 1 aliphatic rings. The van der Waals surface area contributed by atoms with E-state index >= 15 is 0 Å². The van der Waals surface area contributed by atoms with E-state index in [-0.39, 0.29) is 4.90 Å². The first kappa shape index (κ1) is 16.8.